The van der Waals surface area contributed by atoms with Gasteiger partial charge < -0.3 is 10.4 Å². The zero-order valence-corrected chi connectivity index (χ0v) is 12.5. The molecule has 3 aromatic rings. The first-order valence-electron chi connectivity index (χ1n) is 7.41. The first-order chi connectivity index (χ1) is 11.1. The van der Waals surface area contributed by atoms with Gasteiger partial charge in [0.2, 0.25) is 0 Å². The third kappa shape index (κ3) is 2.27. The van der Waals surface area contributed by atoms with Crippen LogP contribution in [0.2, 0.25) is 0 Å². The van der Waals surface area contributed by atoms with Crippen molar-refractivity contribution in [3.05, 3.63) is 48.2 Å². The lowest BCUT2D eigenvalue weighted by Gasteiger charge is -2.41. The van der Waals surface area contributed by atoms with Crippen LogP contribution in [-0.4, -0.2) is 47.5 Å². The van der Waals surface area contributed by atoms with Crippen molar-refractivity contribution in [1.29, 1.82) is 0 Å². The summed E-state index contributed by atoms with van der Waals surface area (Å²) in [6, 6.07) is 1.33. The number of aryl methyl sites for hydroxylation is 1. The Morgan fingerprint density at radius 2 is 2.26 bits per heavy atom. The Morgan fingerprint density at radius 3 is 3.00 bits per heavy atom. The molecular formula is C15H16N6O2. The normalized spacial score (nSPS) is 23.7. The summed E-state index contributed by atoms with van der Waals surface area (Å²) in [6.07, 6.45) is 8.45. The molecular weight excluding hydrogens is 296 g/mol. The van der Waals surface area contributed by atoms with Gasteiger partial charge in [0, 0.05) is 18.6 Å². The van der Waals surface area contributed by atoms with Crippen LogP contribution in [0.5, 0.6) is 0 Å². The number of nitrogens with zero attached hydrogens (tertiary/aromatic N) is 5. The third-order valence-corrected chi connectivity index (χ3v) is 4.18. The summed E-state index contributed by atoms with van der Waals surface area (Å²) in [5.74, 6) is -0.246. The van der Waals surface area contributed by atoms with Crippen molar-refractivity contribution in [3.63, 3.8) is 0 Å². The number of rotatable bonds is 3. The van der Waals surface area contributed by atoms with E-state index in [0.29, 0.717) is 17.6 Å². The zero-order valence-electron chi connectivity index (χ0n) is 12.5. The highest BCUT2D eigenvalue weighted by Gasteiger charge is 2.43. The summed E-state index contributed by atoms with van der Waals surface area (Å²) in [5.41, 5.74) is 1.94. The molecule has 3 aromatic heterocycles. The van der Waals surface area contributed by atoms with Gasteiger partial charge >= 0.3 is 0 Å². The maximum atomic E-state index is 12.5. The zero-order chi connectivity index (χ0) is 16.0. The van der Waals surface area contributed by atoms with Crippen LogP contribution in [0.3, 0.4) is 0 Å². The Hall–Kier alpha value is -2.74. The Bertz CT molecular complexity index is 870. The lowest BCUT2D eigenvalue weighted by Crippen LogP contribution is -2.56. The summed E-state index contributed by atoms with van der Waals surface area (Å²) >= 11 is 0. The summed E-state index contributed by atoms with van der Waals surface area (Å²) in [6.45, 7) is 1.94. The molecule has 4 rings (SSSR count). The monoisotopic (exact) mass is 312 g/mol. The van der Waals surface area contributed by atoms with E-state index in [2.05, 4.69) is 20.5 Å². The first kappa shape index (κ1) is 13.9. The van der Waals surface area contributed by atoms with Crippen molar-refractivity contribution in [1.82, 2.24) is 29.7 Å². The second-order valence-corrected chi connectivity index (χ2v) is 5.82. The average molecular weight is 312 g/mol. The number of fused-ring (bicyclic) bond motifs is 1. The lowest BCUT2D eigenvalue weighted by molar-refractivity contribution is -0.00587. The third-order valence-electron chi connectivity index (χ3n) is 4.18. The number of aliphatic hydroxyl groups excluding tert-OH is 1. The number of amides is 1. The fourth-order valence-corrected chi connectivity index (χ4v) is 2.95. The van der Waals surface area contributed by atoms with Gasteiger partial charge in [0.15, 0.2) is 5.65 Å². The smallest absolute Gasteiger partial charge is 0.257 e. The predicted molar refractivity (Wildman–Crippen MR) is 80.9 cm³/mol. The number of aliphatic hydroxyl groups is 1. The molecule has 0 radical (unpaired) electrons. The Labute approximate surface area is 131 Å². The van der Waals surface area contributed by atoms with E-state index in [0.717, 1.165) is 5.56 Å². The summed E-state index contributed by atoms with van der Waals surface area (Å²) in [4.78, 5) is 16.7. The highest BCUT2D eigenvalue weighted by atomic mass is 16.3. The second-order valence-electron chi connectivity index (χ2n) is 5.82. The van der Waals surface area contributed by atoms with Crippen molar-refractivity contribution in [2.75, 3.05) is 0 Å². The van der Waals surface area contributed by atoms with E-state index in [1.165, 1.54) is 6.20 Å². The molecule has 2 N–H and O–H groups in total. The first-order valence-corrected chi connectivity index (χ1v) is 7.41. The summed E-state index contributed by atoms with van der Waals surface area (Å²) < 4.78 is 3.27. The van der Waals surface area contributed by atoms with Gasteiger partial charge in [-0.3, -0.25) is 9.48 Å². The highest BCUT2D eigenvalue weighted by Crippen LogP contribution is 2.32. The van der Waals surface area contributed by atoms with Crippen molar-refractivity contribution in [2.45, 2.75) is 31.5 Å². The van der Waals surface area contributed by atoms with Gasteiger partial charge in [-0.15, -0.1) is 0 Å². The minimum atomic E-state index is -0.512. The van der Waals surface area contributed by atoms with Gasteiger partial charge in [-0.05, 0) is 25.0 Å². The van der Waals surface area contributed by atoms with Crippen LogP contribution in [0.15, 0.2) is 37.1 Å². The van der Waals surface area contributed by atoms with Crippen molar-refractivity contribution in [3.8, 4) is 0 Å². The molecule has 8 nitrogen and oxygen atoms in total. The van der Waals surface area contributed by atoms with Crippen LogP contribution in [0.25, 0.3) is 5.65 Å². The van der Waals surface area contributed by atoms with Gasteiger partial charge in [-0.2, -0.15) is 10.2 Å². The van der Waals surface area contributed by atoms with Crippen molar-refractivity contribution in [2.24, 2.45) is 0 Å². The van der Waals surface area contributed by atoms with Gasteiger partial charge in [0.05, 0.1) is 30.6 Å². The molecule has 8 heteroatoms. The van der Waals surface area contributed by atoms with E-state index >= 15 is 0 Å². The van der Waals surface area contributed by atoms with Crippen LogP contribution in [0.4, 0.5) is 0 Å². The molecule has 3 heterocycles. The molecule has 1 saturated carbocycles. The number of hydrogen-bond donors (Lipinski definition) is 2. The number of aromatic nitrogens is 5. The molecule has 0 saturated heterocycles. The number of nitrogens with one attached hydrogen (secondary N) is 1. The van der Waals surface area contributed by atoms with E-state index in [-0.39, 0.29) is 18.0 Å². The van der Waals surface area contributed by atoms with Gasteiger partial charge in [-0.25, -0.2) is 9.50 Å². The molecule has 1 amide bonds. The SMILES string of the molecule is Cc1cnn([C@H]2[C@H](O)C[C@@H]2NC(=O)c2cnn3cccnc23)c1. The largest absolute Gasteiger partial charge is 0.391 e. The van der Waals surface area contributed by atoms with E-state index < -0.39 is 6.10 Å². The Kier molecular flexibility index (Phi) is 3.12. The Balaban J connectivity index is 1.55. The fourth-order valence-electron chi connectivity index (χ4n) is 2.95. The lowest BCUT2D eigenvalue weighted by atomic mass is 9.83. The van der Waals surface area contributed by atoms with E-state index in [1.54, 1.807) is 33.9 Å². The topological polar surface area (TPSA) is 97.3 Å². The molecule has 23 heavy (non-hydrogen) atoms. The average Bonchev–Trinajstić information content (AvgIpc) is 3.13. The van der Waals surface area contributed by atoms with Crippen LogP contribution in [-0.2, 0) is 0 Å². The molecule has 1 aliphatic carbocycles. The summed E-state index contributed by atoms with van der Waals surface area (Å²) in [5, 5.41) is 21.3. The number of hydrogen-bond acceptors (Lipinski definition) is 5. The van der Waals surface area contributed by atoms with Crippen molar-refractivity contribution < 1.29 is 9.90 Å². The van der Waals surface area contributed by atoms with Crippen LogP contribution >= 0.6 is 0 Å². The highest BCUT2D eigenvalue weighted by molar-refractivity contribution is 5.99. The molecule has 0 spiro atoms. The van der Waals surface area contributed by atoms with Gasteiger partial charge in [0.25, 0.3) is 5.91 Å². The quantitative estimate of drug-likeness (QED) is 0.727. The summed E-state index contributed by atoms with van der Waals surface area (Å²) in [7, 11) is 0. The standard InChI is InChI=1S/C15H16N6O2/c1-9-6-17-21(8-9)13-11(5-12(13)22)19-15(23)10-7-18-20-4-2-3-16-14(10)20/h2-4,6-8,11-13,22H,5H2,1H3,(H,19,23)/t11-,12+,13+/m0/s1. The van der Waals surface area contributed by atoms with Crippen molar-refractivity contribution >= 4 is 11.6 Å². The molecule has 1 fully saturated rings. The molecule has 0 unspecified atom stereocenters. The maximum absolute atomic E-state index is 12.5. The van der Waals surface area contributed by atoms with E-state index in [9.17, 15) is 9.90 Å². The number of carbonyl (C=O) groups is 1. The minimum absolute atomic E-state index is 0.171. The molecule has 118 valence electrons. The molecule has 0 bridgehead atoms. The maximum Gasteiger partial charge on any atom is 0.257 e. The second kappa shape index (κ2) is 5.17. The van der Waals surface area contributed by atoms with Crippen LogP contribution in [0, 0.1) is 6.92 Å². The van der Waals surface area contributed by atoms with Gasteiger partial charge in [0.1, 0.15) is 5.56 Å². The van der Waals surface area contributed by atoms with Crippen LogP contribution in [0.1, 0.15) is 28.4 Å². The molecule has 3 atom stereocenters. The Morgan fingerprint density at radius 1 is 1.39 bits per heavy atom. The minimum Gasteiger partial charge on any atom is -0.391 e. The predicted octanol–water partition coefficient (Wildman–Crippen LogP) is 0.339. The van der Waals surface area contributed by atoms with E-state index in [1.807, 2.05) is 13.1 Å². The number of carbonyl (C=O) groups excluding carboxylic acids is 1. The van der Waals surface area contributed by atoms with Crippen LogP contribution < -0.4 is 5.32 Å². The molecule has 1 aliphatic rings. The molecule has 0 aromatic carbocycles. The fraction of sp³-hybridized carbons (Fsp3) is 0.333. The van der Waals surface area contributed by atoms with Gasteiger partial charge in [-0.1, -0.05) is 0 Å². The van der Waals surface area contributed by atoms with E-state index in [4.69, 9.17) is 0 Å². The molecule has 0 aliphatic heterocycles.